The first-order valence-electron chi connectivity index (χ1n) is 4.98. The summed E-state index contributed by atoms with van der Waals surface area (Å²) in [6, 6.07) is 2.08. The molecule has 0 radical (unpaired) electrons. The maximum atomic E-state index is 8.41. The summed E-state index contributed by atoms with van der Waals surface area (Å²) in [6.45, 7) is 0. The van der Waals surface area contributed by atoms with Crippen LogP contribution in [0.5, 0.6) is 0 Å². The first kappa shape index (κ1) is 10.4. The Morgan fingerprint density at radius 1 is 1.56 bits per heavy atom. The molecule has 0 spiro atoms. The molecule has 2 rings (SSSR count). The summed E-state index contributed by atoms with van der Waals surface area (Å²) in [7, 11) is 1.87. The van der Waals surface area contributed by atoms with Crippen LogP contribution in [0.1, 0.15) is 18.7 Å². The van der Waals surface area contributed by atoms with Gasteiger partial charge in [-0.05, 0) is 6.42 Å². The first-order valence-corrected chi connectivity index (χ1v) is 4.98. The van der Waals surface area contributed by atoms with Gasteiger partial charge in [-0.25, -0.2) is 4.98 Å². The van der Waals surface area contributed by atoms with Gasteiger partial charge in [-0.15, -0.1) is 0 Å². The average Bonchev–Trinajstić information content (AvgIpc) is 2.87. The zero-order valence-electron chi connectivity index (χ0n) is 8.92. The molecule has 0 atom stereocenters. The maximum Gasteiger partial charge on any atom is 0.238 e. The van der Waals surface area contributed by atoms with E-state index < -0.39 is 0 Å². The van der Waals surface area contributed by atoms with E-state index in [1.54, 1.807) is 6.20 Å². The van der Waals surface area contributed by atoms with Gasteiger partial charge in [-0.1, -0.05) is 5.16 Å². The Morgan fingerprint density at radius 2 is 2.44 bits per heavy atom. The SMILES string of the molecule is Cn1ccnc1-c1noc(CCCC#N)n1. The molecule has 0 aromatic carbocycles. The van der Waals surface area contributed by atoms with Crippen molar-refractivity contribution >= 4 is 0 Å². The van der Waals surface area contributed by atoms with Crippen molar-refractivity contribution in [3.63, 3.8) is 0 Å². The fraction of sp³-hybridized carbons (Fsp3) is 0.400. The summed E-state index contributed by atoms with van der Waals surface area (Å²) in [6.07, 6.45) is 5.37. The summed E-state index contributed by atoms with van der Waals surface area (Å²) in [5.74, 6) is 1.71. The number of aryl methyl sites for hydroxylation is 2. The molecule has 2 aromatic heterocycles. The van der Waals surface area contributed by atoms with Crippen molar-refractivity contribution in [3.05, 3.63) is 18.3 Å². The zero-order valence-corrected chi connectivity index (χ0v) is 8.92. The normalized spacial score (nSPS) is 10.2. The minimum atomic E-state index is 0.486. The van der Waals surface area contributed by atoms with Crippen molar-refractivity contribution in [1.29, 1.82) is 5.26 Å². The summed E-state index contributed by atoms with van der Waals surface area (Å²) in [5.41, 5.74) is 0. The predicted octanol–water partition coefficient (Wildman–Crippen LogP) is 1.32. The number of nitrogens with zero attached hydrogens (tertiary/aromatic N) is 5. The van der Waals surface area contributed by atoms with Gasteiger partial charge in [-0.3, -0.25) is 0 Å². The molecule has 16 heavy (non-hydrogen) atoms. The molecular formula is C10H11N5O. The number of hydrogen-bond donors (Lipinski definition) is 0. The smallest absolute Gasteiger partial charge is 0.238 e. The minimum Gasteiger partial charge on any atom is -0.339 e. The van der Waals surface area contributed by atoms with Crippen LogP contribution in [0, 0.1) is 11.3 Å². The average molecular weight is 217 g/mol. The second kappa shape index (κ2) is 4.57. The Kier molecular flexibility index (Phi) is 2.96. The molecule has 0 aliphatic carbocycles. The van der Waals surface area contributed by atoms with Crippen LogP contribution < -0.4 is 0 Å². The molecule has 0 N–H and O–H groups in total. The lowest BCUT2D eigenvalue weighted by molar-refractivity contribution is 0.376. The summed E-state index contributed by atoms with van der Waals surface area (Å²) < 4.78 is 6.89. The first-order chi connectivity index (χ1) is 7.81. The molecule has 0 aliphatic rings. The number of hydrogen-bond acceptors (Lipinski definition) is 5. The Balaban J connectivity index is 2.09. The highest BCUT2D eigenvalue weighted by atomic mass is 16.5. The molecule has 2 heterocycles. The van der Waals surface area contributed by atoms with Crippen LogP contribution in [-0.4, -0.2) is 19.7 Å². The molecular weight excluding hydrogens is 206 g/mol. The van der Waals surface area contributed by atoms with Crippen molar-refractivity contribution in [3.8, 4) is 17.7 Å². The summed E-state index contributed by atoms with van der Waals surface area (Å²) in [5, 5.41) is 12.3. The summed E-state index contributed by atoms with van der Waals surface area (Å²) in [4.78, 5) is 8.34. The van der Waals surface area contributed by atoms with E-state index in [1.165, 1.54) is 0 Å². The minimum absolute atomic E-state index is 0.486. The van der Waals surface area contributed by atoms with Gasteiger partial charge < -0.3 is 9.09 Å². The van der Waals surface area contributed by atoms with E-state index >= 15 is 0 Å². The Labute approximate surface area is 92.5 Å². The maximum absolute atomic E-state index is 8.41. The predicted molar refractivity (Wildman–Crippen MR) is 55.1 cm³/mol. The molecule has 0 amide bonds. The Bertz CT molecular complexity index is 507. The van der Waals surface area contributed by atoms with Crippen LogP contribution in [0.3, 0.4) is 0 Å². The molecule has 0 fully saturated rings. The lowest BCUT2D eigenvalue weighted by Gasteiger charge is -1.92. The van der Waals surface area contributed by atoms with Crippen LogP contribution in [0.15, 0.2) is 16.9 Å². The van der Waals surface area contributed by atoms with E-state index in [1.807, 2.05) is 17.8 Å². The van der Waals surface area contributed by atoms with Crippen LogP contribution >= 0.6 is 0 Å². The van der Waals surface area contributed by atoms with Gasteiger partial charge in [0, 0.05) is 32.3 Å². The molecule has 6 nitrogen and oxygen atoms in total. The van der Waals surface area contributed by atoms with E-state index in [4.69, 9.17) is 9.78 Å². The second-order valence-electron chi connectivity index (χ2n) is 3.39. The quantitative estimate of drug-likeness (QED) is 0.721. The molecule has 0 saturated carbocycles. The van der Waals surface area contributed by atoms with Crippen molar-refractivity contribution < 1.29 is 4.52 Å². The van der Waals surface area contributed by atoms with Gasteiger partial charge in [0.1, 0.15) is 0 Å². The molecule has 0 unspecified atom stereocenters. The fourth-order valence-corrected chi connectivity index (χ4v) is 1.35. The highest BCUT2D eigenvalue weighted by Crippen LogP contribution is 2.13. The van der Waals surface area contributed by atoms with Gasteiger partial charge in [0.05, 0.1) is 6.07 Å². The van der Waals surface area contributed by atoms with Crippen molar-refractivity contribution in [2.45, 2.75) is 19.3 Å². The monoisotopic (exact) mass is 217 g/mol. The third-order valence-electron chi connectivity index (χ3n) is 2.17. The lowest BCUT2D eigenvalue weighted by atomic mass is 10.2. The van der Waals surface area contributed by atoms with Gasteiger partial charge in [0.15, 0.2) is 5.82 Å². The van der Waals surface area contributed by atoms with E-state index in [0.717, 1.165) is 6.42 Å². The van der Waals surface area contributed by atoms with Gasteiger partial charge in [0.25, 0.3) is 0 Å². The van der Waals surface area contributed by atoms with E-state index in [-0.39, 0.29) is 0 Å². The van der Waals surface area contributed by atoms with Crippen LogP contribution in [0.2, 0.25) is 0 Å². The Hall–Kier alpha value is -2.16. The van der Waals surface area contributed by atoms with Gasteiger partial charge >= 0.3 is 0 Å². The van der Waals surface area contributed by atoms with Crippen molar-refractivity contribution in [2.24, 2.45) is 7.05 Å². The van der Waals surface area contributed by atoms with E-state index in [0.29, 0.717) is 30.4 Å². The number of nitriles is 1. The number of rotatable bonds is 4. The highest BCUT2D eigenvalue weighted by Gasteiger charge is 2.11. The topological polar surface area (TPSA) is 80.5 Å². The fourth-order valence-electron chi connectivity index (χ4n) is 1.35. The number of unbranched alkanes of at least 4 members (excludes halogenated alkanes) is 1. The Morgan fingerprint density at radius 3 is 3.12 bits per heavy atom. The standard InChI is InChI=1S/C10H11N5O/c1-15-7-6-12-10(15)9-13-8(16-14-9)4-2-3-5-11/h6-7H,2-4H2,1H3. The molecule has 0 bridgehead atoms. The van der Waals surface area contributed by atoms with Crippen LogP contribution in [-0.2, 0) is 13.5 Å². The molecule has 82 valence electrons. The largest absolute Gasteiger partial charge is 0.339 e. The lowest BCUT2D eigenvalue weighted by Crippen LogP contribution is -1.93. The van der Waals surface area contributed by atoms with E-state index in [9.17, 15) is 0 Å². The number of aromatic nitrogens is 4. The number of imidazole rings is 1. The molecule has 6 heteroatoms. The van der Waals surface area contributed by atoms with E-state index in [2.05, 4.69) is 21.2 Å². The third-order valence-corrected chi connectivity index (χ3v) is 2.17. The van der Waals surface area contributed by atoms with Crippen molar-refractivity contribution in [1.82, 2.24) is 19.7 Å². The highest BCUT2D eigenvalue weighted by molar-refractivity contribution is 5.42. The molecule has 0 saturated heterocycles. The molecule has 2 aromatic rings. The van der Waals surface area contributed by atoms with Crippen LogP contribution in [0.4, 0.5) is 0 Å². The van der Waals surface area contributed by atoms with Crippen molar-refractivity contribution in [2.75, 3.05) is 0 Å². The zero-order chi connectivity index (χ0) is 11.4. The summed E-state index contributed by atoms with van der Waals surface area (Å²) >= 11 is 0. The van der Waals surface area contributed by atoms with Gasteiger partial charge in [-0.2, -0.15) is 10.2 Å². The second-order valence-corrected chi connectivity index (χ2v) is 3.39. The van der Waals surface area contributed by atoms with Crippen LogP contribution in [0.25, 0.3) is 11.6 Å². The molecule has 0 aliphatic heterocycles. The van der Waals surface area contributed by atoms with Gasteiger partial charge in [0.2, 0.25) is 11.7 Å². The third kappa shape index (κ3) is 2.08.